The highest BCUT2D eigenvalue weighted by molar-refractivity contribution is 7.10. The third-order valence-electron chi connectivity index (χ3n) is 4.82. The summed E-state index contributed by atoms with van der Waals surface area (Å²) in [5, 5.41) is 0.780. The molecule has 3 rings (SSSR count). The monoisotopic (exact) mass is 403 g/mol. The van der Waals surface area contributed by atoms with E-state index in [1.807, 2.05) is 38.1 Å². The van der Waals surface area contributed by atoms with Crippen LogP contribution < -0.4 is 14.4 Å². The van der Waals surface area contributed by atoms with Gasteiger partial charge in [-0.2, -0.15) is 4.37 Å². The molecule has 0 bridgehead atoms. The minimum Gasteiger partial charge on any atom is -0.493 e. The summed E-state index contributed by atoms with van der Waals surface area (Å²) in [6.07, 6.45) is 0.383. The van der Waals surface area contributed by atoms with Gasteiger partial charge in [0.05, 0.1) is 19.4 Å². The van der Waals surface area contributed by atoms with Gasteiger partial charge in [0.1, 0.15) is 11.5 Å². The Morgan fingerprint density at radius 2 is 2.14 bits per heavy atom. The fourth-order valence-corrected chi connectivity index (χ4v) is 4.00. The van der Waals surface area contributed by atoms with Crippen molar-refractivity contribution in [2.45, 2.75) is 26.2 Å². The Kier molecular flexibility index (Phi) is 6.18. The first kappa shape index (κ1) is 20.1. The Hall–Kier alpha value is -2.61. The van der Waals surface area contributed by atoms with E-state index in [4.69, 9.17) is 9.47 Å². The zero-order valence-corrected chi connectivity index (χ0v) is 17.4. The van der Waals surface area contributed by atoms with E-state index in [1.54, 1.807) is 24.0 Å². The molecule has 1 aromatic heterocycles. The molecule has 1 aliphatic rings. The number of rotatable bonds is 7. The molecule has 1 aromatic carbocycles. The zero-order chi connectivity index (χ0) is 20.3. The highest BCUT2D eigenvalue weighted by atomic mass is 32.1. The molecular weight excluding hydrogens is 378 g/mol. The summed E-state index contributed by atoms with van der Waals surface area (Å²) in [6.45, 7) is 4.92. The molecule has 0 saturated carbocycles. The first-order valence-corrected chi connectivity index (χ1v) is 9.98. The quantitative estimate of drug-likeness (QED) is 0.711. The number of ether oxygens (including phenoxy) is 2. The van der Waals surface area contributed by atoms with Crippen molar-refractivity contribution in [3.63, 3.8) is 0 Å². The van der Waals surface area contributed by atoms with Gasteiger partial charge < -0.3 is 19.3 Å². The van der Waals surface area contributed by atoms with E-state index >= 15 is 0 Å². The predicted molar refractivity (Wildman–Crippen MR) is 108 cm³/mol. The Labute approximate surface area is 169 Å². The van der Waals surface area contributed by atoms with Crippen LogP contribution in [0.15, 0.2) is 24.3 Å². The number of hydrogen-bond donors (Lipinski definition) is 0. The van der Waals surface area contributed by atoms with Gasteiger partial charge in [-0.05, 0) is 49.1 Å². The summed E-state index contributed by atoms with van der Waals surface area (Å²) in [7, 11) is 3.32. The summed E-state index contributed by atoms with van der Waals surface area (Å²) in [6, 6.07) is 7.61. The third kappa shape index (κ3) is 4.27. The van der Waals surface area contributed by atoms with Crippen LogP contribution >= 0.6 is 11.5 Å². The number of carbonyl (C=O) groups is 2. The fraction of sp³-hybridized carbons (Fsp3) is 0.450. The largest absolute Gasteiger partial charge is 0.493 e. The van der Waals surface area contributed by atoms with Crippen LogP contribution in [-0.4, -0.2) is 54.9 Å². The van der Waals surface area contributed by atoms with Gasteiger partial charge in [-0.1, -0.05) is 6.07 Å². The van der Waals surface area contributed by atoms with Crippen molar-refractivity contribution in [3.05, 3.63) is 35.5 Å². The van der Waals surface area contributed by atoms with Crippen molar-refractivity contribution in [3.8, 4) is 11.5 Å². The lowest BCUT2D eigenvalue weighted by molar-refractivity contribution is -0.132. The Morgan fingerprint density at radius 1 is 1.36 bits per heavy atom. The summed E-state index contributed by atoms with van der Waals surface area (Å²) >= 11 is 1.28. The van der Waals surface area contributed by atoms with Crippen molar-refractivity contribution >= 4 is 28.3 Å². The molecule has 0 N–H and O–H groups in total. The van der Waals surface area contributed by atoms with E-state index in [0.29, 0.717) is 31.1 Å². The highest BCUT2D eigenvalue weighted by Crippen LogP contribution is 2.35. The smallest absolute Gasteiger partial charge is 0.246 e. The van der Waals surface area contributed by atoms with Crippen molar-refractivity contribution in [1.29, 1.82) is 0 Å². The number of likely N-dealkylation sites (tertiary alicyclic amines) is 1. The zero-order valence-electron chi connectivity index (χ0n) is 16.6. The Bertz CT molecular complexity index is 867. The number of likely N-dealkylation sites (N-methyl/N-ethyl adjacent to an activating group) is 1. The van der Waals surface area contributed by atoms with Crippen LogP contribution in [0, 0.1) is 6.92 Å². The van der Waals surface area contributed by atoms with E-state index in [-0.39, 0.29) is 24.3 Å². The third-order valence-corrected chi connectivity index (χ3v) is 5.78. The van der Waals surface area contributed by atoms with Crippen LogP contribution in [0.4, 0.5) is 5.00 Å². The standard InChI is InChI=1S/C20H25N3O4S/c1-5-27-17-9-14(6-7-16(17)26-4)15-10-18(24)23(11-15)12-19(25)22(3)20-8-13(2)21-28-20/h6-9,15H,5,10-12H2,1-4H3/t15-/m1/s1. The number of aromatic nitrogens is 1. The number of carbonyl (C=O) groups excluding carboxylic acids is 2. The molecule has 2 amide bonds. The van der Waals surface area contributed by atoms with Crippen LogP contribution in [-0.2, 0) is 9.59 Å². The van der Waals surface area contributed by atoms with E-state index < -0.39 is 0 Å². The molecule has 8 heteroatoms. The van der Waals surface area contributed by atoms with E-state index in [9.17, 15) is 9.59 Å². The molecule has 0 spiro atoms. The molecular formula is C20H25N3O4S. The maximum absolute atomic E-state index is 12.6. The second-order valence-corrected chi connectivity index (χ2v) is 7.56. The minimum absolute atomic E-state index is 0.0130. The van der Waals surface area contributed by atoms with Gasteiger partial charge in [0.25, 0.3) is 0 Å². The first-order chi connectivity index (χ1) is 13.4. The van der Waals surface area contributed by atoms with E-state index in [1.165, 1.54) is 11.5 Å². The van der Waals surface area contributed by atoms with Crippen LogP contribution in [0.2, 0.25) is 0 Å². The highest BCUT2D eigenvalue weighted by Gasteiger charge is 2.33. The molecule has 0 aliphatic carbocycles. The average molecular weight is 404 g/mol. The minimum atomic E-state index is -0.123. The number of methoxy groups -OCH3 is 1. The average Bonchev–Trinajstić information content (AvgIpc) is 3.27. The number of amides is 2. The lowest BCUT2D eigenvalue weighted by atomic mass is 9.98. The van der Waals surface area contributed by atoms with Crippen molar-refractivity contribution in [2.24, 2.45) is 0 Å². The predicted octanol–water partition coefficient (Wildman–Crippen LogP) is 2.84. The number of hydrogen-bond acceptors (Lipinski definition) is 6. The summed E-state index contributed by atoms with van der Waals surface area (Å²) in [5.41, 5.74) is 1.89. The molecule has 1 atom stereocenters. The van der Waals surface area contributed by atoms with Crippen LogP contribution in [0.25, 0.3) is 0 Å². The van der Waals surface area contributed by atoms with Gasteiger partial charge in [0.2, 0.25) is 11.8 Å². The topological polar surface area (TPSA) is 72.0 Å². The molecule has 7 nitrogen and oxygen atoms in total. The lowest BCUT2D eigenvalue weighted by Gasteiger charge is -2.21. The first-order valence-electron chi connectivity index (χ1n) is 9.21. The maximum atomic E-state index is 12.6. The Balaban J connectivity index is 1.68. The SMILES string of the molecule is CCOc1cc([C@@H]2CC(=O)N(CC(=O)N(C)c3cc(C)ns3)C2)ccc1OC. The van der Waals surface area contributed by atoms with Crippen LogP contribution in [0.1, 0.15) is 30.5 Å². The molecule has 1 fully saturated rings. The van der Waals surface area contributed by atoms with Gasteiger partial charge in [0.15, 0.2) is 11.5 Å². The van der Waals surface area contributed by atoms with Crippen molar-refractivity contribution in [2.75, 3.05) is 38.8 Å². The number of aryl methyl sites for hydroxylation is 1. The van der Waals surface area contributed by atoms with E-state index in [0.717, 1.165) is 16.3 Å². The lowest BCUT2D eigenvalue weighted by Crippen LogP contribution is -2.38. The molecule has 1 aliphatic heterocycles. The van der Waals surface area contributed by atoms with Gasteiger partial charge in [-0.25, -0.2) is 0 Å². The number of benzene rings is 1. The van der Waals surface area contributed by atoms with Gasteiger partial charge >= 0.3 is 0 Å². The molecule has 2 aromatic rings. The van der Waals surface area contributed by atoms with Gasteiger partial charge in [0, 0.05) is 25.9 Å². The number of anilines is 1. The van der Waals surface area contributed by atoms with Crippen molar-refractivity contribution < 1.29 is 19.1 Å². The fourth-order valence-electron chi connectivity index (χ4n) is 3.26. The summed E-state index contributed by atoms with van der Waals surface area (Å²) in [4.78, 5) is 28.3. The summed E-state index contributed by atoms with van der Waals surface area (Å²) < 4.78 is 15.2. The Morgan fingerprint density at radius 3 is 2.79 bits per heavy atom. The second-order valence-electron chi connectivity index (χ2n) is 6.78. The molecule has 28 heavy (non-hydrogen) atoms. The summed E-state index contributed by atoms with van der Waals surface area (Å²) in [5.74, 6) is 1.23. The normalized spacial score (nSPS) is 16.4. The van der Waals surface area contributed by atoms with Gasteiger partial charge in [-0.3, -0.25) is 9.59 Å². The van der Waals surface area contributed by atoms with E-state index in [2.05, 4.69) is 4.37 Å². The van der Waals surface area contributed by atoms with Gasteiger partial charge in [-0.15, -0.1) is 0 Å². The molecule has 0 unspecified atom stereocenters. The number of nitrogens with zero attached hydrogens (tertiary/aromatic N) is 3. The van der Waals surface area contributed by atoms with Crippen LogP contribution in [0.3, 0.4) is 0 Å². The molecule has 1 saturated heterocycles. The molecule has 150 valence electrons. The molecule has 0 radical (unpaired) electrons. The molecule has 2 heterocycles. The second kappa shape index (κ2) is 8.60. The maximum Gasteiger partial charge on any atom is 0.246 e. The van der Waals surface area contributed by atoms with Crippen LogP contribution in [0.5, 0.6) is 11.5 Å². The van der Waals surface area contributed by atoms with Crippen molar-refractivity contribution in [1.82, 2.24) is 9.27 Å².